The van der Waals surface area contributed by atoms with E-state index in [1.54, 1.807) is 0 Å². The molecule has 4 nitrogen and oxygen atoms in total. The molecule has 5 heteroatoms. The molecule has 6 atom stereocenters. The molecule has 0 aromatic carbocycles. The zero-order valence-electron chi connectivity index (χ0n) is 20.5. The predicted octanol–water partition coefficient (Wildman–Crippen LogP) is 4.85. The second kappa shape index (κ2) is 9.85. The van der Waals surface area contributed by atoms with Crippen molar-refractivity contribution < 1.29 is 24.8 Å². The van der Waals surface area contributed by atoms with Crippen LogP contribution in [0.25, 0.3) is 0 Å². The smallest absolute Gasteiger partial charge is 0.145 e. The predicted molar refractivity (Wildman–Crippen MR) is 126 cm³/mol. The average molecular weight is 453 g/mol. The lowest BCUT2D eigenvalue weighted by Gasteiger charge is -2.44. The Labute approximate surface area is 193 Å². The Morgan fingerprint density at radius 3 is 2.41 bits per heavy atom. The molecular formula is C27H45FO4. The summed E-state index contributed by atoms with van der Waals surface area (Å²) in [6.45, 7) is 7.50. The van der Waals surface area contributed by atoms with Crippen LogP contribution in [0.15, 0.2) is 23.3 Å². The van der Waals surface area contributed by atoms with Crippen molar-refractivity contribution in [2.45, 2.75) is 115 Å². The van der Waals surface area contributed by atoms with E-state index in [-0.39, 0.29) is 12.8 Å². The molecule has 0 heterocycles. The maximum absolute atomic E-state index is 13.2. The van der Waals surface area contributed by atoms with Gasteiger partial charge in [0.25, 0.3) is 0 Å². The van der Waals surface area contributed by atoms with Gasteiger partial charge < -0.3 is 20.4 Å². The zero-order valence-corrected chi connectivity index (χ0v) is 20.5. The normalized spacial score (nSPS) is 40.4. The summed E-state index contributed by atoms with van der Waals surface area (Å²) in [5.41, 5.74) is 0.00579. The maximum Gasteiger partial charge on any atom is 0.145 e. The van der Waals surface area contributed by atoms with Gasteiger partial charge in [0.1, 0.15) is 12.3 Å². The fraction of sp³-hybridized carbons (Fsp3) is 0.852. The van der Waals surface area contributed by atoms with Gasteiger partial charge in [0.05, 0.1) is 17.8 Å². The molecule has 4 N–H and O–H groups in total. The van der Waals surface area contributed by atoms with Crippen molar-refractivity contribution in [3.05, 3.63) is 23.3 Å². The molecule has 0 saturated heterocycles. The molecule has 3 rings (SSSR count). The summed E-state index contributed by atoms with van der Waals surface area (Å²) in [4.78, 5) is 0. The molecule has 0 amide bonds. The van der Waals surface area contributed by atoms with Crippen molar-refractivity contribution in [2.24, 2.45) is 23.2 Å². The number of aliphatic hydroxyl groups excluding tert-OH is 2. The first-order valence-electron chi connectivity index (χ1n) is 12.7. The Morgan fingerprint density at radius 2 is 1.81 bits per heavy atom. The summed E-state index contributed by atoms with van der Waals surface area (Å²) in [5.74, 6) is 1.91. The second-order valence-electron chi connectivity index (χ2n) is 11.9. The summed E-state index contributed by atoms with van der Waals surface area (Å²) in [7, 11) is 0. The summed E-state index contributed by atoms with van der Waals surface area (Å²) in [5, 5.41) is 40.6. The van der Waals surface area contributed by atoms with Gasteiger partial charge in [-0.05, 0) is 88.4 Å². The van der Waals surface area contributed by atoms with Crippen LogP contribution in [-0.4, -0.2) is 50.5 Å². The van der Waals surface area contributed by atoms with E-state index in [0.29, 0.717) is 23.2 Å². The van der Waals surface area contributed by atoms with E-state index in [4.69, 9.17) is 0 Å². The third-order valence-electron chi connectivity index (χ3n) is 8.99. The van der Waals surface area contributed by atoms with E-state index < -0.39 is 30.1 Å². The lowest BCUT2D eigenvalue weighted by molar-refractivity contribution is -0.165. The van der Waals surface area contributed by atoms with Gasteiger partial charge in [-0.15, -0.1) is 0 Å². The SMILES string of the molecule is C[C@H](CCCC(C)(C)O)C1CCC2/C(=C/C=C3C[C@@H](O)C(O)(CF)[C@H](O)C3)CCCC21C. The molecule has 0 aliphatic heterocycles. The fourth-order valence-electron chi connectivity index (χ4n) is 6.97. The Morgan fingerprint density at radius 1 is 1.16 bits per heavy atom. The van der Waals surface area contributed by atoms with Gasteiger partial charge in [-0.1, -0.05) is 50.0 Å². The maximum atomic E-state index is 13.2. The van der Waals surface area contributed by atoms with Crippen LogP contribution in [0.4, 0.5) is 4.39 Å². The number of hydrogen-bond acceptors (Lipinski definition) is 4. The summed E-state index contributed by atoms with van der Waals surface area (Å²) < 4.78 is 13.2. The van der Waals surface area contributed by atoms with Crippen LogP contribution in [0.3, 0.4) is 0 Å². The van der Waals surface area contributed by atoms with E-state index in [9.17, 15) is 24.8 Å². The number of allylic oxidation sites excluding steroid dienone is 3. The highest BCUT2D eigenvalue weighted by molar-refractivity contribution is 5.27. The Hall–Kier alpha value is -0.750. The third-order valence-corrected chi connectivity index (χ3v) is 8.99. The number of rotatable bonds is 7. The Bertz CT molecular complexity index is 695. The fourth-order valence-corrected chi connectivity index (χ4v) is 6.97. The van der Waals surface area contributed by atoms with Crippen LogP contribution < -0.4 is 0 Å². The van der Waals surface area contributed by atoms with Crippen LogP contribution in [0.1, 0.15) is 91.9 Å². The first-order valence-corrected chi connectivity index (χ1v) is 12.7. The highest BCUT2D eigenvalue weighted by atomic mass is 19.1. The first-order chi connectivity index (χ1) is 14.9. The van der Waals surface area contributed by atoms with E-state index in [1.165, 1.54) is 31.3 Å². The van der Waals surface area contributed by atoms with E-state index in [1.807, 2.05) is 19.9 Å². The Balaban J connectivity index is 1.68. The van der Waals surface area contributed by atoms with E-state index >= 15 is 0 Å². The molecular weight excluding hydrogens is 407 g/mol. The standard InChI is InChI=1S/C27H45FO4/c1-18(7-5-13-25(2,3)31)21-11-12-22-20(8-6-14-26(21,22)4)10-9-19-15-23(29)27(32,17-28)24(30)16-19/h9-10,18,21-24,29-32H,5-8,11-17H2,1-4H3/b19-9?,20-10+/t18-,21?,22?,23-,24-,26?,27?/m1/s1. The minimum Gasteiger partial charge on any atom is -0.390 e. The third kappa shape index (κ3) is 5.32. The van der Waals surface area contributed by atoms with Crippen molar-refractivity contribution in [3.8, 4) is 0 Å². The van der Waals surface area contributed by atoms with Crippen molar-refractivity contribution >= 4 is 0 Å². The number of hydrogen-bond donors (Lipinski definition) is 4. The van der Waals surface area contributed by atoms with Gasteiger partial charge >= 0.3 is 0 Å². The molecule has 0 bridgehead atoms. The van der Waals surface area contributed by atoms with Crippen molar-refractivity contribution in [2.75, 3.05) is 6.67 Å². The molecule has 0 aromatic rings. The average Bonchev–Trinajstić information content (AvgIpc) is 3.06. The number of halogens is 1. The van der Waals surface area contributed by atoms with Crippen LogP contribution in [0.5, 0.6) is 0 Å². The highest BCUT2D eigenvalue weighted by Gasteiger charge is 2.50. The number of alkyl halides is 1. The topological polar surface area (TPSA) is 80.9 Å². The van der Waals surface area contributed by atoms with E-state index in [2.05, 4.69) is 19.9 Å². The van der Waals surface area contributed by atoms with Gasteiger partial charge in [0, 0.05) is 0 Å². The molecule has 3 aliphatic rings. The van der Waals surface area contributed by atoms with E-state index in [0.717, 1.165) is 31.3 Å². The zero-order chi connectivity index (χ0) is 23.7. The lowest BCUT2D eigenvalue weighted by Crippen LogP contribution is -2.57. The minimum absolute atomic E-state index is 0.198. The van der Waals surface area contributed by atoms with Crippen molar-refractivity contribution in [3.63, 3.8) is 0 Å². The number of aliphatic hydroxyl groups is 4. The molecule has 3 fully saturated rings. The molecule has 184 valence electrons. The van der Waals surface area contributed by atoms with Gasteiger partial charge in [-0.2, -0.15) is 0 Å². The summed E-state index contributed by atoms with van der Waals surface area (Å²) in [6, 6.07) is 0. The molecule has 3 aliphatic carbocycles. The molecule has 32 heavy (non-hydrogen) atoms. The Kier molecular flexibility index (Phi) is 7.96. The van der Waals surface area contributed by atoms with Crippen LogP contribution in [0.2, 0.25) is 0 Å². The van der Waals surface area contributed by atoms with Crippen LogP contribution in [0, 0.1) is 23.2 Å². The van der Waals surface area contributed by atoms with Crippen molar-refractivity contribution in [1.82, 2.24) is 0 Å². The number of fused-ring (bicyclic) bond motifs is 1. The van der Waals surface area contributed by atoms with Gasteiger partial charge in [-0.3, -0.25) is 0 Å². The van der Waals surface area contributed by atoms with Crippen molar-refractivity contribution in [1.29, 1.82) is 0 Å². The molecule has 3 saturated carbocycles. The van der Waals surface area contributed by atoms with Gasteiger partial charge in [-0.25, -0.2) is 4.39 Å². The summed E-state index contributed by atoms with van der Waals surface area (Å²) >= 11 is 0. The minimum atomic E-state index is -2.05. The second-order valence-corrected chi connectivity index (χ2v) is 11.9. The van der Waals surface area contributed by atoms with Crippen LogP contribution >= 0.6 is 0 Å². The van der Waals surface area contributed by atoms with Gasteiger partial charge in [0.15, 0.2) is 0 Å². The highest BCUT2D eigenvalue weighted by Crippen LogP contribution is 2.60. The summed E-state index contributed by atoms with van der Waals surface area (Å²) in [6.07, 6.45) is 11.1. The first kappa shape index (κ1) is 25.9. The monoisotopic (exact) mass is 452 g/mol. The van der Waals surface area contributed by atoms with Gasteiger partial charge in [0.2, 0.25) is 0 Å². The van der Waals surface area contributed by atoms with Crippen LogP contribution in [-0.2, 0) is 0 Å². The molecule has 0 spiro atoms. The molecule has 0 aromatic heterocycles. The quantitative estimate of drug-likeness (QED) is 0.445. The molecule has 0 radical (unpaired) electrons. The lowest BCUT2D eigenvalue weighted by atomic mass is 9.60. The molecule has 3 unspecified atom stereocenters. The largest absolute Gasteiger partial charge is 0.390 e.